The summed E-state index contributed by atoms with van der Waals surface area (Å²) in [6.45, 7) is 1.94. The van der Waals surface area contributed by atoms with Crippen LogP contribution in [0.5, 0.6) is 5.75 Å². The molecule has 0 amide bonds. The number of allylic oxidation sites excluding steroid dienone is 2. The smallest absolute Gasteiger partial charge is 0.270 e. The minimum Gasteiger partial charge on any atom is -0.507 e. The Morgan fingerprint density at radius 2 is 2.21 bits per heavy atom. The molecule has 5 nitrogen and oxygen atoms in total. The average molecular weight is 277 g/mol. The molecular formula is C13H11NO4S. The molecule has 0 unspecified atom stereocenters. The third-order valence-corrected chi connectivity index (χ3v) is 3.75. The number of carbonyl (C=O) groups excluding carboxylic acids is 1. The lowest BCUT2D eigenvalue weighted by molar-refractivity contribution is -0.384. The maximum Gasteiger partial charge on any atom is 0.270 e. The number of nitrogens with zero attached hydrogens (tertiary/aromatic N) is 1. The highest BCUT2D eigenvalue weighted by atomic mass is 32.2. The van der Waals surface area contributed by atoms with Gasteiger partial charge in [-0.15, -0.1) is 0 Å². The monoisotopic (exact) mass is 277 g/mol. The van der Waals surface area contributed by atoms with Crippen LogP contribution in [0.2, 0.25) is 0 Å². The molecule has 0 saturated heterocycles. The van der Waals surface area contributed by atoms with Gasteiger partial charge in [-0.2, -0.15) is 0 Å². The van der Waals surface area contributed by atoms with Crippen molar-refractivity contribution in [2.24, 2.45) is 0 Å². The standard InChI is InChI=1S/C13H11NO4S/c1-2-11-7-9(13(16)19-11)5-8-6-10(14(17)18)3-4-12(8)15/h3-7,15H,2H2,1H3. The van der Waals surface area contributed by atoms with Crippen molar-refractivity contribution in [1.29, 1.82) is 0 Å². The van der Waals surface area contributed by atoms with Gasteiger partial charge in [0.05, 0.1) is 4.92 Å². The summed E-state index contributed by atoms with van der Waals surface area (Å²) in [5.74, 6) is -0.0887. The van der Waals surface area contributed by atoms with Gasteiger partial charge in [-0.1, -0.05) is 18.7 Å². The molecule has 19 heavy (non-hydrogen) atoms. The number of aromatic hydroxyl groups is 1. The first-order chi connectivity index (χ1) is 9.01. The first-order valence-electron chi connectivity index (χ1n) is 5.63. The second-order valence-electron chi connectivity index (χ2n) is 3.95. The second kappa shape index (κ2) is 5.27. The summed E-state index contributed by atoms with van der Waals surface area (Å²) in [6, 6.07) is 3.72. The third kappa shape index (κ3) is 2.85. The molecule has 1 aromatic carbocycles. The zero-order valence-corrected chi connectivity index (χ0v) is 10.9. The molecule has 1 N–H and O–H groups in total. The molecule has 2 rings (SSSR count). The molecule has 1 aliphatic rings. The van der Waals surface area contributed by atoms with Crippen LogP contribution in [0.15, 0.2) is 34.8 Å². The highest BCUT2D eigenvalue weighted by Gasteiger charge is 2.19. The summed E-state index contributed by atoms with van der Waals surface area (Å²) >= 11 is 1.15. The van der Waals surface area contributed by atoms with Gasteiger partial charge in [-0.05, 0) is 29.5 Å². The molecule has 0 radical (unpaired) electrons. The molecule has 0 aliphatic carbocycles. The summed E-state index contributed by atoms with van der Waals surface area (Å²) in [6.07, 6.45) is 3.97. The van der Waals surface area contributed by atoms with Gasteiger partial charge >= 0.3 is 0 Å². The third-order valence-electron chi connectivity index (χ3n) is 2.66. The maximum absolute atomic E-state index is 11.7. The first kappa shape index (κ1) is 13.4. The highest BCUT2D eigenvalue weighted by Crippen LogP contribution is 2.35. The van der Waals surface area contributed by atoms with Crippen molar-refractivity contribution in [3.8, 4) is 5.75 Å². The van der Waals surface area contributed by atoms with Crippen LogP contribution < -0.4 is 0 Å². The molecule has 1 heterocycles. The minimum absolute atomic E-state index is 0.0887. The zero-order chi connectivity index (χ0) is 14.0. The molecule has 0 saturated carbocycles. The molecule has 0 fully saturated rings. The van der Waals surface area contributed by atoms with Crippen LogP contribution in [-0.4, -0.2) is 15.1 Å². The van der Waals surface area contributed by atoms with Crippen LogP contribution in [0.25, 0.3) is 6.08 Å². The average Bonchev–Trinajstić information content (AvgIpc) is 2.72. The Balaban J connectivity index is 2.43. The predicted octanol–water partition coefficient (Wildman–Crippen LogP) is 3.25. The fourth-order valence-electron chi connectivity index (χ4n) is 1.65. The van der Waals surface area contributed by atoms with E-state index in [-0.39, 0.29) is 22.1 Å². The number of phenols is 1. The van der Waals surface area contributed by atoms with Gasteiger partial charge in [0.15, 0.2) is 0 Å². The van der Waals surface area contributed by atoms with Gasteiger partial charge in [-0.25, -0.2) is 0 Å². The van der Waals surface area contributed by atoms with E-state index in [1.54, 1.807) is 6.08 Å². The van der Waals surface area contributed by atoms with Gasteiger partial charge in [0.2, 0.25) is 5.12 Å². The first-order valence-corrected chi connectivity index (χ1v) is 6.44. The summed E-state index contributed by atoms with van der Waals surface area (Å²) in [5.41, 5.74) is 0.590. The number of nitro benzene ring substituents is 1. The Labute approximate surface area is 113 Å². The Morgan fingerprint density at radius 1 is 1.47 bits per heavy atom. The van der Waals surface area contributed by atoms with E-state index in [4.69, 9.17) is 0 Å². The molecule has 0 spiro atoms. The number of hydrogen-bond acceptors (Lipinski definition) is 5. The van der Waals surface area contributed by atoms with Crippen molar-refractivity contribution in [1.82, 2.24) is 0 Å². The Hall–Kier alpha value is -2.08. The Bertz CT molecular complexity index is 619. The van der Waals surface area contributed by atoms with Gasteiger partial charge in [0.25, 0.3) is 5.69 Å². The normalized spacial score (nSPS) is 16.8. The molecular weight excluding hydrogens is 266 g/mol. The van der Waals surface area contributed by atoms with Gasteiger partial charge in [-0.3, -0.25) is 14.9 Å². The zero-order valence-electron chi connectivity index (χ0n) is 10.1. The quantitative estimate of drug-likeness (QED) is 0.521. The number of hydrogen-bond donors (Lipinski definition) is 1. The minimum atomic E-state index is -0.542. The van der Waals surface area contributed by atoms with Gasteiger partial charge < -0.3 is 5.11 Å². The van der Waals surface area contributed by atoms with Crippen LogP contribution >= 0.6 is 11.8 Å². The Morgan fingerprint density at radius 3 is 2.79 bits per heavy atom. The summed E-state index contributed by atoms with van der Waals surface area (Å²) in [5, 5.41) is 20.3. The molecule has 1 aliphatic heterocycles. The molecule has 1 aromatic rings. The van der Waals surface area contributed by atoms with Crippen LogP contribution in [-0.2, 0) is 4.79 Å². The number of non-ortho nitro benzene ring substituents is 1. The maximum atomic E-state index is 11.7. The van der Waals surface area contributed by atoms with Crippen LogP contribution in [0.1, 0.15) is 18.9 Å². The van der Waals surface area contributed by atoms with E-state index in [1.807, 2.05) is 6.92 Å². The molecule has 6 heteroatoms. The summed E-state index contributed by atoms with van der Waals surface area (Å²) in [4.78, 5) is 22.8. The van der Waals surface area contributed by atoms with Crippen molar-refractivity contribution >= 4 is 28.6 Å². The molecule has 0 aromatic heterocycles. The van der Waals surface area contributed by atoms with E-state index in [9.17, 15) is 20.0 Å². The fourth-order valence-corrected chi connectivity index (χ4v) is 2.46. The second-order valence-corrected chi connectivity index (χ2v) is 5.05. The topological polar surface area (TPSA) is 80.4 Å². The lowest BCUT2D eigenvalue weighted by Gasteiger charge is -2.00. The van der Waals surface area contributed by atoms with Gasteiger partial charge in [0, 0.05) is 23.3 Å². The lowest BCUT2D eigenvalue weighted by atomic mass is 10.1. The number of nitro groups is 1. The van der Waals surface area contributed by atoms with E-state index in [2.05, 4.69) is 0 Å². The van der Waals surface area contributed by atoms with E-state index in [1.165, 1.54) is 24.3 Å². The van der Waals surface area contributed by atoms with E-state index in [0.29, 0.717) is 5.57 Å². The largest absolute Gasteiger partial charge is 0.507 e. The molecule has 0 bridgehead atoms. The molecule has 98 valence electrons. The van der Waals surface area contributed by atoms with Crippen LogP contribution in [0.3, 0.4) is 0 Å². The highest BCUT2D eigenvalue weighted by molar-refractivity contribution is 8.17. The fraction of sp³-hybridized carbons (Fsp3) is 0.154. The SMILES string of the molecule is CCC1=CC(=Cc2cc([N+](=O)[O-])ccc2O)C(=O)S1. The van der Waals surface area contributed by atoms with Crippen molar-refractivity contribution < 1.29 is 14.8 Å². The number of carbonyl (C=O) groups is 1. The van der Waals surface area contributed by atoms with E-state index < -0.39 is 4.92 Å². The van der Waals surface area contributed by atoms with Gasteiger partial charge in [0.1, 0.15) is 5.75 Å². The van der Waals surface area contributed by atoms with E-state index in [0.717, 1.165) is 23.1 Å². The number of rotatable bonds is 3. The molecule has 0 atom stereocenters. The predicted molar refractivity (Wildman–Crippen MR) is 73.7 cm³/mol. The van der Waals surface area contributed by atoms with Crippen LogP contribution in [0, 0.1) is 10.1 Å². The van der Waals surface area contributed by atoms with Crippen molar-refractivity contribution in [3.63, 3.8) is 0 Å². The van der Waals surface area contributed by atoms with E-state index >= 15 is 0 Å². The van der Waals surface area contributed by atoms with Crippen LogP contribution in [0.4, 0.5) is 5.69 Å². The number of thioether (sulfide) groups is 1. The summed E-state index contributed by atoms with van der Waals surface area (Å²) in [7, 11) is 0. The summed E-state index contributed by atoms with van der Waals surface area (Å²) < 4.78 is 0. The lowest BCUT2D eigenvalue weighted by Crippen LogP contribution is -1.91. The van der Waals surface area contributed by atoms with Crippen molar-refractivity contribution in [3.05, 3.63) is 50.4 Å². The van der Waals surface area contributed by atoms with Crippen molar-refractivity contribution in [2.75, 3.05) is 0 Å². The Kier molecular flexibility index (Phi) is 3.71. The number of phenolic OH excluding ortho intramolecular Hbond substituents is 1. The number of benzene rings is 1. The van der Waals surface area contributed by atoms with Crippen molar-refractivity contribution in [2.45, 2.75) is 13.3 Å².